The van der Waals surface area contributed by atoms with E-state index in [0.717, 1.165) is 29.0 Å². The van der Waals surface area contributed by atoms with Crippen LogP contribution in [-0.4, -0.2) is 10.9 Å². The number of rotatable bonds is 4. The van der Waals surface area contributed by atoms with Gasteiger partial charge in [-0.05, 0) is 23.8 Å². The van der Waals surface area contributed by atoms with Crippen molar-refractivity contribution in [3.8, 4) is 10.9 Å². The molecule has 0 radical (unpaired) electrons. The molecule has 22 heavy (non-hydrogen) atoms. The van der Waals surface area contributed by atoms with Gasteiger partial charge in [-0.3, -0.25) is 4.79 Å². The summed E-state index contributed by atoms with van der Waals surface area (Å²) in [6, 6.07) is 8.89. The predicted octanol–water partition coefficient (Wildman–Crippen LogP) is 3.39. The van der Waals surface area contributed by atoms with E-state index in [4.69, 9.17) is 10.5 Å². The molecule has 2 aromatic carbocycles. The van der Waals surface area contributed by atoms with Crippen LogP contribution in [0.1, 0.15) is 5.56 Å². The molecule has 0 atom stereocenters. The Kier molecular flexibility index (Phi) is 3.72. The van der Waals surface area contributed by atoms with Gasteiger partial charge in [-0.15, -0.1) is 0 Å². The van der Waals surface area contributed by atoms with Gasteiger partial charge in [0.15, 0.2) is 11.6 Å². The highest BCUT2D eigenvalue weighted by atomic mass is 32.1. The lowest BCUT2D eigenvalue weighted by atomic mass is 10.1. The van der Waals surface area contributed by atoms with Crippen LogP contribution in [-0.2, 0) is 11.2 Å². The number of amides is 1. The zero-order chi connectivity index (χ0) is 15.7. The van der Waals surface area contributed by atoms with E-state index in [-0.39, 0.29) is 11.6 Å². The third-order valence-electron chi connectivity index (χ3n) is 2.92. The van der Waals surface area contributed by atoms with Gasteiger partial charge in [0.25, 0.3) is 5.19 Å². The van der Waals surface area contributed by atoms with E-state index in [1.54, 1.807) is 24.3 Å². The minimum Gasteiger partial charge on any atom is -0.431 e. The Hall–Kier alpha value is -2.54. The van der Waals surface area contributed by atoms with Crippen LogP contribution in [0.15, 0.2) is 36.4 Å². The van der Waals surface area contributed by atoms with Crippen LogP contribution >= 0.6 is 11.3 Å². The number of fused-ring (bicyclic) bond motifs is 1. The smallest absolute Gasteiger partial charge is 0.279 e. The third-order valence-corrected chi connectivity index (χ3v) is 3.81. The van der Waals surface area contributed by atoms with Crippen molar-refractivity contribution in [2.75, 3.05) is 0 Å². The van der Waals surface area contributed by atoms with E-state index in [1.165, 1.54) is 0 Å². The van der Waals surface area contributed by atoms with Crippen LogP contribution in [0.3, 0.4) is 0 Å². The highest BCUT2D eigenvalue weighted by Gasteiger charge is 2.11. The van der Waals surface area contributed by atoms with E-state index in [1.807, 2.05) is 0 Å². The largest absolute Gasteiger partial charge is 0.431 e. The summed E-state index contributed by atoms with van der Waals surface area (Å²) in [7, 11) is 0. The summed E-state index contributed by atoms with van der Waals surface area (Å²) in [4.78, 5) is 14.9. The number of primary amides is 1. The fourth-order valence-electron chi connectivity index (χ4n) is 1.92. The molecule has 112 valence electrons. The summed E-state index contributed by atoms with van der Waals surface area (Å²) in [5.74, 6) is -1.77. The molecule has 1 amide bonds. The maximum atomic E-state index is 13.2. The van der Waals surface area contributed by atoms with Crippen LogP contribution in [0.4, 0.5) is 8.78 Å². The molecular weight excluding hydrogens is 310 g/mol. The Morgan fingerprint density at radius 3 is 2.55 bits per heavy atom. The van der Waals surface area contributed by atoms with Gasteiger partial charge in [0.2, 0.25) is 5.91 Å². The lowest BCUT2D eigenvalue weighted by Gasteiger charge is -2.02. The fraction of sp³-hybridized carbons (Fsp3) is 0.0667. The summed E-state index contributed by atoms with van der Waals surface area (Å²) in [6.07, 6.45) is 0.153. The molecule has 0 unspecified atom stereocenters. The summed E-state index contributed by atoms with van der Waals surface area (Å²) in [5.41, 5.74) is 6.22. The topological polar surface area (TPSA) is 65.2 Å². The molecule has 0 aliphatic carbocycles. The van der Waals surface area contributed by atoms with Crippen molar-refractivity contribution in [1.82, 2.24) is 4.98 Å². The second-order valence-corrected chi connectivity index (χ2v) is 5.60. The van der Waals surface area contributed by atoms with Gasteiger partial charge in [0.05, 0.1) is 16.6 Å². The number of carbonyl (C=O) groups excluding carboxylic acids is 1. The van der Waals surface area contributed by atoms with Crippen LogP contribution < -0.4 is 10.5 Å². The normalized spacial score (nSPS) is 10.8. The second kappa shape index (κ2) is 5.69. The van der Waals surface area contributed by atoms with Gasteiger partial charge >= 0.3 is 0 Å². The highest BCUT2D eigenvalue weighted by Crippen LogP contribution is 2.32. The SMILES string of the molecule is NC(=O)Cc1ccc(Oc2nc3cc(F)c(F)cc3s2)cc1. The first kappa shape index (κ1) is 14.4. The second-order valence-electron chi connectivity index (χ2n) is 4.60. The van der Waals surface area contributed by atoms with E-state index in [9.17, 15) is 13.6 Å². The van der Waals surface area contributed by atoms with E-state index >= 15 is 0 Å². The summed E-state index contributed by atoms with van der Waals surface area (Å²) in [5, 5.41) is 0.280. The van der Waals surface area contributed by atoms with Crippen molar-refractivity contribution in [3.63, 3.8) is 0 Å². The predicted molar refractivity (Wildman–Crippen MR) is 79.0 cm³/mol. The van der Waals surface area contributed by atoms with Gasteiger partial charge in [-0.2, -0.15) is 0 Å². The number of nitrogens with zero attached hydrogens (tertiary/aromatic N) is 1. The van der Waals surface area contributed by atoms with Crippen molar-refractivity contribution >= 4 is 27.5 Å². The number of ether oxygens (including phenoxy) is 1. The number of aromatic nitrogens is 1. The Bertz CT molecular complexity index is 808. The van der Waals surface area contributed by atoms with Crippen LogP contribution in [0.2, 0.25) is 0 Å². The number of hydrogen-bond acceptors (Lipinski definition) is 4. The average molecular weight is 320 g/mol. The Labute approximate surface area is 128 Å². The molecule has 7 heteroatoms. The standard InChI is InChI=1S/C15H10F2N2O2S/c16-10-6-12-13(7-11(10)17)22-15(19-12)21-9-3-1-8(2-4-9)5-14(18)20/h1-4,6-7H,5H2,(H2,18,20). The Morgan fingerprint density at radius 1 is 1.18 bits per heavy atom. The van der Waals surface area contributed by atoms with Crippen molar-refractivity contribution in [2.24, 2.45) is 5.73 Å². The van der Waals surface area contributed by atoms with Crippen molar-refractivity contribution in [1.29, 1.82) is 0 Å². The van der Waals surface area contributed by atoms with Gasteiger partial charge in [0.1, 0.15) is 5.75 Å². The average Bonchev–Trinajstić information content (AvgIpc) is 2.82. The highest BCUT2D eigenvalue weighted by molar-refractivity contribution is 7.20. The van der Waals surface area contributed by atoms with E-state index in [2.05, 4.69) is 4.98 Å². The maximum Gasteiger partial charge on any atom is 0.279 e. The lowest BCUT2D eigenvalue weighted by molar-refractivity contribution is -0.117. The molecule has 0 aliphatic heterocycles. The third kappa shape index (κ3) is 3.04. The van der Waals surface area contributed by atoms with Crippen molar-refractivity contribution in [3.05, 3.63) is 53.6 Å². The maximum absolute atomic E-state index is 13.2. The van der Waals surface area contributed by atoms with Crippen molar-refractivity contribution in [2.45, 2.75) is 6.42 Å². The number of hydrogen-bond donors (Lipinski definition) is 1. The molecule has 0 saturated carbocycles. The summed E-state index contributed by atoms with van der Waals surface area (Å²) >= 11 is 1.12. The quantitative estimate of drug-likeness (QED) is 0.801. The van der Waals surface area contributed by atoms with Crippen LogP contribution in [0.25, 0.3) is 10.2 Å². The van der Waals surface area contributed by atoms with E-state index in [0.29, 0.717) is 16.0 Å². The molecule has 0 bridgehead atoms. The lowest BCUT2D eigenvalue weighted by Crippen LogP contribution is -2.13. The van der Waals surface area contributed by atoms with Crippen LogP contribution in [0.5, 0.6) is 10.9 Å². The molecule has 2 N–H and O–H groups in total. The molecule has 1 aromatic heterocycles. The number of thiazole rings is 1. The van der Waals surface area contributed by atoms with Gasteiger partial charge in [-0.25, -0.2) is 13.8 Å². The molecule has 0 saturated heterocycles. The van der Waals surface area contributed by atoms with Gasteiger partial charge < -0.3 is 10.5 Å². The van der Waals surface area contributed by atoms with E-state index < -0.39 is 17.5 Å². The minimum absolute atomic E-state index is 0.153. The first-order valence-corrected chi connectivity index (χ1v) is 7.13. The zero-order valence-corrected chi connectivity index (χ0v) is 12.0. The molecule has 0 aliphatic rings. The Balaban J connectivity index is 1.82. The molecule has 0 spiro atoms. The number of carbonyl (C=O) groups is 1. The van der Waals surface area contributed by atoms with Crippen molar-refractivity contribution < 1.29 is 18.3 Å². The molecule has 3 rings (SSSR count). The first-order chi connectivity index (χ1) is 10.5. The summed E-state index contributed by atoms with van der Waals surface area (Å²) in [6.45, 7) is 0. The zero-order valence-electron chi connectivity index (χ0n) is 11.2. The van der Waals surface area contributed by atoms with Gasteiger partial charge in [0, 0.05) is 6.07 Å². The van der Waals surface area contributed by atoms with Gasteiger partial charge in [-0.1, -0.05) is 23.5 Å². The first-order valence-electron chi connectivity index (χ1n) is 6.32. The minimum atomic E-state index is -0.944. The molecule has 0 fully saturated rings. The number of benzene rings is 2. The molecule has 4 nitrogen and oxygen atoms in total. The number of nitrogens with two attached hydrogens (primary N) is 1. The Morgan fingerprint density at radius 2 is 1.86 bits per heavy atom. The monoisotopic (exact) mass is 320 g/mol. The number of halogens is 2. The molecular formula is C15H10F2N2O2S. The van der Waals surface area contributed by atoms with Crippen LogP contribution in [0, 0.1) is 11.6 Å². The fourth-order valence-corrected chi connectivity index (χ4v) is 2.76. The summed E-state index contributed by atoms with van der Waals surface area (Å²) < 4.78 is 32.4. The molecule has 3 aromatic rings. The molecule has 1 heterocycles.